The molecule has 0 saturated heterocycles. The van der Waals surface area contributed by atoms with Crippen molar-refractivity contribution in [3.63, 3.8) is 0 Å². The van der Waals surface area contributed by atoms with Crippen LogP contribution in [0, 0.1) is 0 Å². The summed E-state index contributed by atoms with van der Waals surface area (Å²) in [5, 5.41) is 5.99. The Balaban J connectivity index is 2.13. The first kappa shape index (κ1) is 14.5. The number of hydrogen-bond acceptors (Lipinski definition) is 4. The third kappa shape index (κ3) is 3.33. The molecular weight excluding hydrogens is 297 g/mol. The molecule has 0 atom stereocenters. The summed E-state index contributed by atoms with van der Waals surface area (Å²) in [7, 11) is -3.90. The largest absolute Gasteiger partial charge is 0.416 e. The minimum Gasteiger partial charge on any atom is -0.262 e. The Morgan fingerprint density at radius 1 is 1.20 bits per heavy atom. The van der Waals surface area contributed by atoms with Crippen LogP contribution in [0.3, 0.4) is 0 Å². The van der Waals surface area contributed by atoms with Crippen LogP contribution in [0.1, 0.15) is 11.4 Å². The number of H-pyrrole nitrogens is 1. The van der Waals surface area contributed by atoms with Gasteiger partial charge in [0, 0.05) is 0 Å². The number of aromatic amines is 1. The topological polar surface area (TPSA) is 87.7 Å². The maximum absolute atomic E-state index is 12.4. The predicted octanol–water partition coefficient (Wildman–Crippen LogP) is 1.30. The number of nitrogens with zero attached hydrogens (tertiary/aromatic N) is 2. The summed E-state index contributed by atoms with van der Waals surface area (Å²) in [4.78, 5) is 3.46. The van der Waals surface area contributed by atoms with Gasteiger partial charge in [-0.25, -0.2) is 18.1 Å². The molecule has 0 spiro atoms. The second-order valence-electron chi connectivity index (χ2n) is 3.78. The zero-order valence-corrected chi connectivity index (χ0v) is 10.7. The van der Waals surface area contributed by atoms with E-state index in [9.17, 15) is 21.6 Å². The van der Waals surface area contributed by atoms with E-state index in [2.05, 4.69) is 19.9 Å². The normalized spacial score (nSPS) is 12.6. The van der Waals surface area contributed by atoms with Crippen molar-refractivity contribution >= 4 is 10.0 Å². The highest BCUT2D eigenvalue weighted by molar-refractivity contribution is 7.89. The maximum Gasteiger partial charge on any atom is 0.416 e. The van der Waals surface area contributed by atoms with E-state index in [1.54, 1.807) is 0 Å². The number of rotatable bonds is 4. The minimum absolute atomic E-state index is 0.136. The summed E-state index contributed by atoms with van der Waals surface area (Å²) in [5.41, 5.74) is -0.910. The average Bonchev–Trinajstić information content (AvgIpc) is 2.89. The Labute approximate surface area is 112 Å². The van der Waals surface area contributed by atoms with Crippen LogP contribution in [0.25, 0.3) is 0 Å². The van der Waals surface area contributed by atoms with Gasteiger partial charge in [0.05, 0.1) is 17.0 Å². The molecule has 0 radical (unpaired) electrons. The van der Waals surface area contributed by atoms with Crippen molar-refractivity contribution in [3.8, 4) is 0 Å². The van der Waals surface area contributed by atoms with Gasteiger partial charge in [-0.3, -0.25) is 5.10 Å². The maximum atomic E-state index is 12.4. The van der Waals surface area contributed by atoms with Gasteiger partial charge in [0.1, 0.15) is 12.2 Å². The molecule has 0 fully saturated rings. The zero-order chi connectivity index (χ0) is 14.8. The molecule has 1 aromatic carbocycles. The van der Waals surface area contributed by atoms with E-state index in [1.807, 2.05) is 0 Å². The molecular formula is C10H9F3N4O2S. The first-order chi connectivity index (χ1) is 9.29. The van der Waals surface area contributed by atoms with E-state index in [4.69, 9.17) is 0 Å². The molecule has 108 valence electrons. The Hall–Kier alpha value is -1.94. The summed E-state index contributed by atoms with van der Waals surface area (Å²) in [6.45, 7) is -0.136. The Morgan fingerprint density at radius 3 is 2.35 bits per heavy atom. The first-order valence-corrected chi connectivity index (χ1v) is 6.78. The van der Waals surface area contributed by atoms with Crippen molar-refractivity contribution < 1.29 is 21.6 Å². The van der Waals surface area contributed by atoms with E-state index in [-0.39, 0.29) is 11.4 Å². The highest BCUT2D eigenvalue weighted by Gasteiger charge is 2.30. The van der Waals surface area contributed by atoms with Crippen molar-refractivity contribution in [1.29, 1.82) is 0 Å². The lowest BCUT2D eigenvalue weighted by molar-refractivity contribution is -0.137. The van der Waals surface area contributed by atoms with Crippen LogP contribution in [0.15, 0.2) is 35.5 Å². The molecule has 1 aromatic heterocycles. The number of hydrogen-bond donors (Lipinski definition) is 2. The van der Waals surface area contributed by atoms with E-state index in [0.29, 0.717) is 18.0 Å². The molecule has 2 aromatic rings. The van der Waals surface area contributed by atoms with Crippen molar-refractivity contribution in [1.82, 2.24) is 19.9 Å². The fourth-order valence-electron chi connectivity index (χ4n) is 1.39. The molecule has 0 bridgehead atoms. The van der Waals surface area contributed by atoms with Crippen LogP contribution in [-0.2, 0) is 22.7 Å². The molecule has 0 aliphatic heterocycles. The Kier molecular flexibility index (Phi) is 3.77. The molecule has 2 N–H and O–H groups in total. The predicted molar refractivity (Wildman–Crippen MR) is 61.9 cm³/mol. The number of alkyl halides is 3. The Morgan fingerprint density at radius 2 is 1.85 bits per heavy atom. The molecule has 1 heterocycles. The molecule has 6 nitrogen and oxygen atoms in total. The minimum atomic E-state index is -4.50. The highest BCUT2D eigenvalue weighted by Crippen LogP contribution is 2.29. The van der Waals surface area contributed by atoms with Crippen LogP contribution in [0.5, 0.6) is 0 Å². The second-order valence-corrected chi connectivity index (χ2v) is 5.55. The van der Waals surface area contributed by atoms with E-state index < -0.39 is 21.8 Å². The fourth-order valence-corrected chi connectivity index (χ4v) is 2.37. The zero-order valence-electron chi connectivity index (χ0n) is 9.85. The summed E-state index contributed by atoms with van der Waals surface area (Å²) >= 11 is 0. The van der Waals surface area contributed by atoms with Gasteiger partial charge in [0.2, 0.25) is 10.0 Å². The van der Waals surface area contributed by atoms with Crippen LogP contribution in [-0.4, -0.2) is 23.6 Å². The third-order valence-corrected chi connectivity index (χ3v) is 3.80. The number of halogens is 3. The summed E-state index contributed by atoms with van der Waals surface area (Å²) < 4.78 is 63.0. The standard InChI is InChI=1S/C10H9F3N4O2S/c11-10(12,13)7-1-3-8(4-2-7)20(18,19)16-5-9-14-6-15-17-9/h1-4,6,16H,5H2,(H,14,15,17). The van der Waals surface area contributed by atoms with Gasteiger partial charge < -0.3 is 0 Å². The Bertz CT molecular complexity index is 666. The van der Waals surface area contributed by atoms with Gasteiger partial charge in [-0.2, -0.15) is 18.3 Å². The quantitative estimate of drug-likeness (QED) is 0.891. The number of sulfonamides is 1. The monoisotopic (exact) mass is 306 g/mol. The summed E-state index contributed by atoms with van der Waals surface area (Å²) in [6.07, 6.45) is -3.29. The number of benzene rings is 1. The molecule has 0 unspecified atom stereocenters. The van der Waals surface area contributed by atoms with Gasteiger partial charge in [0.15, 0.2) is 0 Å². The number of nitrogens with one attached hydrogen (secondary N) is 2. The van der Waals surface area contributed by atoms with E-state index in [1.165, 1.54) is 6.33 Å². The van der Waals surface area contributed by atoms with E-state index >= 15 is 0 Å². The van der Waals surface area contributed by atoms with Gasteiger partial charge in [-0.05, 0) is 24.3 Å². The third-order valence-electron chi connectivity index (χ3n) is 2.39. The van der Waals surface area contributed by atoms with Gasteiger partial charge in [-0.15, -0.1) is 0 Å². The van der Waals surface area contributed by atoms with E-state index in [0.717, 1.165) is 12.1 Å². The summed E-state index contributed by atoms with van der Waals surface area (Å²) in [5.74, 6) is 0.292. The number of aromatic nitrogens is 3. The highest BCUT2D eigenvalue weighted by atomic mass is 32.2. The van der Waals surface area contributed by atoms with Crippen LogP contribution in [0.2, 0.25) is 0 Å². The summed E-state index contributed by atoms with van der Waals surface area (Å²) in [6, 6.07) is 3.21. The fraction of sp³-hybridized carbons (Fsp3) is 0.200. The SMILES string of the molecule is O=S(=O)(NCc1ncn[nH]1)c1ccc(C(F)(F)F)cc1. The smallest absolute Gasteiger partial charge is 0.262 e. The molecule has 2 rings (SSSR count). The van der Waals surface area contributed by atoms with Gasteiger partial charge in [0.25, 0.3) is 0 Å². The molecule has 20 heavy (non-hydrogen) atoms. The molecule has 0 saturated carbocycles. The molecule has 10 heteroatoms. The van der Waals surface area contributed by atoms with Crippen LogP contribution in [0.4, 0.5) is 13.2 Å². The van der Waals surface area contributed by atoms with Gasteiger partial charge >= 0.3 is 6.18 Å². The lowest BCUT2D eigenvalue weighted by Gasteiger charge is -2.08. The van der Waals surface area contributed by atoms with Crippen molar-refractivity contribution in [3.05, 3.63) is 42.0 Å². The van der Waals surface area contributed by atoms with Crippen molar-refractivity contribution in [2.75, 3.05) is 0 Å². The molecule has 0 amide bonds. The lowest BCUT2D eigenvalue weighted by Crippen LogP contribution is -2.24. The van der Waals surface area contributed by atoms with Crippen LogP contribution >= 0.6 is 0 Å². The average molecular weight is 306 g/mol. The second kappa shape index (κ2) is 5.21. The molecule has 0 aliphatic rings. The van der Waals surface area contributed by atoms with Gasteiger partial charge in [-0.1, -0.05) is 0 Å². The van der Waals surface area contributed by atoms with Crippen molar-refractivity contribution in [2.24, 2.45) is 0 Å². The lowest BCUT2D eigenvalue weighted by atomic mass is 10.2. The first-order valence-electron chi connectivity index (χ1n) is 5.30. The van der Waals surface area contributed by atoms with Crippen molar-refractivity contribution in [2.45, 2.75) is 17.6 Å². The van der Waals surface area contributed by atoms with Crippen LogP contribution < -0.4 is 4.72 Å². The molecule has 0 aliphatic carbocycles.